The maximum absolute atomic E-state index is 12.8. The van der Waals surface area contributed by atoms with Gasteiger partial charge in [-0.15, -0.1) is 0 Å². The molecule has 26 heavy (non-hydrogen) atoms. The first-order valence-corrected chi connectivity index (χ1v) is 7.96. The average molecular weight is 377 g/mol. The molecule has 0 bridgehead atoms. The summed E-state index contributed by atoms with van der Waals surface area (Å²) in [5, 5.41) is 0.530. The molecule has 2 nitrogen and oxygen atoms in total. The van der Waals surface area contributed by atoms with Crippen molar-refractivity contribution in [2.24, 2.45) is 0 Å². The minimum absolute atomic E-state index is 0.237. The summed E-state index contributed by atoms with van der Waals surface area (Å²) in [7, 11) is 0. The first kappa shape index (κ1) is 18.0. The highest BCUT2D eigenvalue weighted by Gasteiger charge is 2.30. The number of carbonyl (C=O) groups is 1. The summed E-state index contributed by atoms with van der Waals surface area (Å²) in [6.45, 7) is 0. The fraction of sp³-hybridized carbons (Fsp3) is 0.0500. The number of allylic oxidation sites excluding steroid dienone is 1. The standard InChI is InChI=1S/C20H12ClF3O2/c21-16-6-4-13(5-7-16)18(25)10-8-17-9-11-19(26-17)14-2-1-3-15(12-14)20(22,23)24/h1-12H. The van der Waals surface area contributed by atoms with Crippen molar-refractivity contribution in [3.05, 3.63) is 88.6 Å². The summed E-state index contributed by atoms with van der Waals surface area (Å²) in [6, 6.07) is 14.4. The lowest BCUT2D eigenvalue weighted by atomic mass is 10.1. The molecule has 0 saturated heterocycles. The predicted molar refractivity (Wildman–Crippen MR) is 94.0 cm³/mol. The van der Waals surface area contributed by atoms with E-state index < -0.39 is 11.7 Å². The van der Waals surface area contributed by atoms with E-state index >= 15 is 0 Å². The summed E-state index contributed by atoms with van der Waals surface area (Å²) in [4.78, 5) is 12.1. The van der Waals surface area contributed by atoms with Crippen molar-refractivity contribution < 1.29 is 22.4 Å². The van der Waals surface area contributed by atoms with Crippen LogP contribution in [-0.4, -0.2) is 5.78 Å². The maximum atomic E-state index is 12.8. The summed E-state index contributed by atoms with van der Waals surface area (Å²) >= 11 is 5.77. The quantitative estimate of drug-likeness (QED) is 0.383. The van der Waals surface area contributed by atoms with Gasteiger partial charge in [0.1, 0.15) is 11.5 Å². The van der Waals surface area contributed by atoms with Crippen molar-refractivity contribution in [1.29, 1.82) is 0 Å². The molecule has 0 aliphatic heterocycles. The van der Waals surface area contributed by atoms with E-state index in [0.717, 1.165) is 12.1 Å². The molecule has 3 aromatic rings. The van der Waals surface area contributed by atoms with E-state index in [4.69, 9.17) is 16.0 Å². The second-order valence-corrected chi connectivity index (χ2v) is 5.92. The number of furan rings is 1. The van der Waals surface area contributed by atoms with Gasteiger partial charge >= 0.3 is 6.18 Å². The Hall–Kier alpha value is -2.79. The number of rotatable bonds is 4. The van der Waals surface area contributed by atoms with Gasteiger partial charge in [0, 0.05) is 16.1 Å². The molecular weight excluding hydrogens is 365 g/mol. The van der Waals surface area contributed by atoms with Crippen molar-refractivity contribution in [2.45, 2.75) is 6.18 Å². The molecule has 0 atom stereocenters. The van der Waals surface area contributed by atoms with Crippen molar-refractivity contribution in [2.75, 3.05) is 0 Å². The van der Waals surface area contributed by atoms with Crippen LogP contribution in [0.5, 0.6) is 0 Å². The number of halogens is 4. The van der Waals surface area contributed by atoms with Crippen molar-refractivity contribution in [3.63, 3.8) is 0 Å². The molecule has 0 fully saturated rings. The highest BCUT2D eigenvalue weighted by molar-refractivity contribution is 6.30. The van der Waals surface area contributed by atoms with Gasteiger partial charge in [0.2, 0.25) is 0 Å². The average Bonchev–Trinajstić information content (AvgIpc) is 3.09. The van der Waals surface area contributed by atoms with Gasteiger partial charge in [-0.25, -0.2) is 0 Å². The lowest BCUT2D eigenvalue weighted by Crippen LogP contribution is -2.04. The van der Waals surface area contributed by atoms with Crippen molar-refractivity contribution in [1.82, 2.24) is 0 Å². The molecular formula is C20H12ClF3O2. The number of hydrogen-bond acceptors (Lipinski definition) is 2. The van der Waals surface area contributed by atoms with E-state index in [0.29, 0.717) is 21.9 Å². The Balaban J connectivity index is 1.78. The molecule has 1 aromatic heterocycles. The van der Waals surface area contributed by atoms with E-state index in [-0.39, 0.29) is 11.5 Å². The number of ketones is 1. The van der Waals surface area contributed by atoms with Crippen LogP contribution in [0.25, 0.3) is 17.4 Å². The Morgan fingerprint density at radius 2 is 1.73 bits per heavy atom. The van der Waals surface area contributed by atoms with Gasteiger partial charge in [-0.2, -0.15) is 13.2 Å². The third-order valence-corrected chi connectivity index (χ3v) is 3.88. The van der Waals surface area contributed by atoms with Crippen LogP contribution >= 0.6 is 11.6 Å². The van der Waals surface area contributed by atoms with Crippen LogP contribution in [0.3, 0.4) is 0 Å². The molecule has 0 amide bonds. The molecule has 0 saturated carbocycles. The van der Waals surface area contributed by atoms with E-state index in [2.05, 4.69) is 0 Å². The zero-order chi connectivity index (χ0) is 18.7. The van der Waals surface area contributed by atoms with Crippen LogP contribution < -0.4 is 0 Å². The van der Waals surface area contributed by atoms with Gasteiger partial charge in [-0.3, -0.25) is 4.79 Å². The largest absolute Gasteiger partial charge is 0.457 e. The fourth-order valence-corrected chi connectivity index (χ4v) is 2.44. The Bertz CT molecular complexity index is 954. The molecule has 0 aliphatic rings. The second-order valence-electron chi connectivity index (χ2n) is 5.49. The third kappa shape index (κ3) is 4.24. The van der Waals surface area contributed by atoms with Crippen molar-refractivity contribution in [3.8, 4) is 11.3 Å². The topological polar surface area (TPSA) is 30.2 Å². The van der Waals surface area contributed by atoms with Crippen molar-refractivity contribution >= 4 is 23.5 Å². The van der Waals surface area contributed by atoms with E-state index in [1.807, 2.05) is 0 Å². The normalized spacial score (nSPS) is 11.8. The van der Waals surface area contributed by atoms with E-state index in [1.165, 1.54) is 24.3 Å². The highest BCUT2D eigenvalue weighted by Crippen LogP contribution is 2.32. The number of benzene rings is 2. The molecule has 0 unspecified atom stereocenters. The van der Waals surface area contributed by atoms with Crippen LogP contribution in [0.4, 0.5) is 13.2 Å². The Labute approximate surface area is 152 Å². The SMILES string of the molecule is O=C(C=Cc1ccc(-c2cccc(C(F)(F)F)c2)o1)c1ccc(Cl)cc1. The van der Waals surface area contributed by atoms with E-state index in [1.54, 1.807) is 36.4 Å². The number of hydrogen-bond donors (Lipinski definition) is 0. The lowest BCUT2D eigenvalue weighted by Gasteiger charge is -2.07. The summed E-state index contributed by atoms with van der Waals surface area (Å²) in [5.74, 6) is 0.410. The van der Waals surface area contributed by atoms with Gasteiger partial charge in [0.05, 0.1) is 5.56 Å². The van der Waals surface area contributed by atoms with Gasteiger partial charge < -0.3 is 4.42 Å². The van der Waals surface area contributed by atoms with Gasteiger partial charge in [-0.05, 0) is 60.7 Å². The Kier molecular flexibility index (Phi) is 5.00. The summed E-state index contributed by atoms with van der Waals surface area (Å²) in [6.07, 6.45) is -1.62. The first-order valence-electron chi connectivity index (χ1n) is 7.58. The smallest absolute Gasteiger partial charge is 0.416 e. The predicted octanol–water partition coefficient (Wildman–Crippen LogP) is 6.51. The Morgan fingerprint density at radius 3 is 2.42 bits per heavy atom. The van der Waals surface area contributed by atoms with Crippen LogP contribution in [-0.2, 0) is 6.18 Å². The van der Waals surface area contributed by atoms with Crippen LogP contribution in [0.2, 0.25) is 5.02 Å². The summed E-state index contributed by atoms with van der Waals surface area (Å²) < 4.78 is 43.9. The van der Waals surface area contributed by atoms with Gasteiger partial charge in [-0.1, -0.05) is 23.7 Å². The van der Waals surface area contributed by atoms with Crippen LogP contribution in [0.15, 0.2) is 71.2 Å². The molecule has 2 aromatic carbocycles. The first-order chi connectivity index (χ1) is 12.3. The molecule has 0 radical (unpaired) electrons. The molecule has 0 spiro atoms. The zero-order valence-electron chi connectivity index (χ0n) is 13.3. The summed E-state index contributed by atoms with van der Waals surface area (Å²) in [5.41, 5.74) is 0.0280. The Morgan fingerprint density at radius 1 is 1.00 bits per heavy atom. The van der Waals surface area contributed by atoms with Crippen LogP contribution in [0.1, 0.15) is 21.7 Å². The number of carbonyl (C=O) groups excluding carboxylic acids is 1. The zero-order valence-corrected chi connectivity index (χ0v) is 14.0. The van der Waals surface area contributed by atoms with Gasteiger partial charge in [0.15, 0.2) is 5.78 Å². The lowest BCUT2D eigenvalue weighted by molar-refractivity contribution is -0.137. The third-order valence-electron chi connectivity index (χ3n) is 3.63. The minimum Gasteiger partial charge on any atom is -0.457 e. The fourth-order valence-electron chi connectivity index (χ4n) is 2.31. The molecule has 0 N–H and O–H groups in total. The monoisotopic (exact) mass is 376 g/mol. The number of alkyl halides is 3. The molecule has 1 heterocycles. The molecule has 3 rings (SSSR count). The maximum Gasteiger partial charge on any atom is 0.416 e. The molecule has 0 aliphatic carbocycles. The highest BCUT2D eigenvalue weighted by atomic mass is 35.5. The van der Waals surface area contributed by atoms with Crippen LogP contribution in [0, 0.1) is 0 Å². The second kappa shape index (κ2) is 7.22. The van der Waals surface area contributed by atoms with E-state index in [9.17, 15) is 18.0 Å². The van der Waals surface area contributed by atoms with Gasteiger partial charge in [0.25, 0.3) is 0 Å². The molecule has 132 valence electrons. The molecule has 6 heteroatoms. The minimum atomic E-state index is -4.42.